The summed E-state index contributed by atoms with van der Waals surface area (Å²) in [5, 5.41) is 6.44. The number of nitrogens with zero attached hydrogens (tertiary/aromatic N) is 4. The molecule has 8 heteroatoms. The fourth-order valence-electron chi connectivity index (χ4n) is 4.12. The minimum atomic E-state index is -1.33. The summed E-state index contributed by atoms with van der Waals surface area (Å²) in [6.45, 7) is 2.87. The minimum absolute atomic E-state index is 0.104. The standard InChI is InChI=1S/C23H26F2N4O2/c1-16-21(12-18(24)13-22(16)25)17-4-2-9-27-29(15-17)19-6-10-28(11-7-19)23(30)31-20-5-3-8-26-14-20/h3,5,8-9,12-16,19,22H,2,4,6-7,10-11H2,1H3. The van der Waals surface area contributed by atoms with E-state index in [2.05, 4.69) is 10.1 Å². The Labute approximate surface area is 180 Å². The molecule has 31 heavy (non-hydrogen) atoms. The van der Waals surface area contributed by atoms with Crippen LogP contribution in [0.25, 0.3) is 0 Å². The number of hydrogen-bond donors (Lipinski definition) is 0. The lowest BCUT2D eigenvalue weighted by atomic mass is 9.85. The Morgan fingerprint density at radius 3 is 2.84 bits per heavy atom. The van der Waals surface area contributed by atoms with Gasteiger partial charge in [-0.25, -0.2) is 13.6 Å². The molecule has 1 aromatic heterocycles. The normalized spacial score (nSPS) is 24.8. The molecule has 1 saturated heterocycles. The number of ether oxygens (including phenoxy) is 1. The molecule has 2 unspecified atom stereocenters. The number of halogens is 2. The van der Waals surface area contributed by atoms with Crippen molar-refractivity contribution >= 4 is 12.3 Å². The van der Waals surface area contributed by atoms with Crippen molar-refractivity contribution in [2.75, 3.05) is 13.1 Å². The van der Waals surface area contributed by atoms with Crippen molar-refractivity contribution in [1.82, 2.24) is 14.9 Å². The molecular formula is C23H26F2N4O2. The van der Waals surface area contributed by atoms with Gasteiger partial charge in [0.15, 0.2) is 5.75 Å². The molecule has 1 aromatic rings. The van der Waals surface area contributed by atoms with Crippen molar-refractivity contribution in [3.05, 3.63) is 59.9 Å². The number of carbonyl (C=O) groups is 1. The molecule has 1 aliphatic carbocycles. The molecule has 2 aliphatic heterocycles. The summed E-state index contributed by atoms with van der Waals surface area (Å²) in [4.78, 5) is 18.0. The summed E-state index contributed by atoms with van der Waals surface area (Å²) >= 11 is 0. The fraction of sp³-hybridized carbons (Fsp3) is 0.435. The van der Waals surface area contributed by atoms with E-state index in [9.17, 15) is 13.6 Å². The Hall–Kier alpha value is -3.03. The van der Waals surface area contributed by atoms with E-state index in [1.165, 1.54) is 12.3 Å². The fourth-order valence-corrected chi connectivity index (χ4v) is 4.12. The monoisotopic (exact) mass is 428 g/mol. The lowest BCUT2D eigenvalue weighted by Gasteiger charge is -2.35. The van der Waals surface area contributed by atoms with E-state index in [0.717, 1.165) is 24.5 Å². The lowest BCUT2D eigenvalue weighted by Crippen LogP contribution is -2.45. The highest BCUT2D eigenvalue weighted by molar-refractivity contribution is 5.70. The van der Waals surface area contributed by atoms with Crippen molar-refractivity contribution in [3.8, 4) is 5.75 Å². The summed E-state index contributed by atoms with van der Waals surface area (Å²) in [7, 11) is 0. The smallest absolute Gasteiger partial charge is 0.409 e. The van der Waals surface area contributed by atoms with Crippen LogP contribution in [0.2, 0.25) is 0 Å². The topological polar surface area (TPSA) is 58.0 Å². The highest BCUT2D eigenvalue weighted by Gasteiger charge is 2.30. The number of pyridine rings is 1. The van der Waals surface area contributed by atoms with Gasteiger partial charge in [-0.15, -0.1) is 0 Å². The molecule has 3 aliphatic rings. The first-order valence-corrected chi connectivity index (χ1v) is 10.6. The molecule has 4 rings (SSSR count). The van der Waals surface area contributed by atoms with Crippen molar-refractivity contribution in [1.29, 1.82) is 0 Å². The molecule has 6 nitrogen and oxygen atoms in total. The molecule has 0 radical (unpaired) electrons. The first-order chi connectivity index (χ1) is 15.0. The second kappa shape index (κ2) is 9.41. The summed E-state index contributed by atoms with van der Waals surface area (Å²) < 4.78 is 33.4. The summed E-state index contributed by atoms with van der Waals surface area (Å²) in [6.07, 6.45) is 10.5. The zero-order chi connectivity index (χ0) is 21.8. The van der Waals surface area contributed by atoms with Crippen LogP contribution in [0.1, 0.15) is 32.6 Å². The molecule has 3 heterocycles. The number of amides is 1. The predicted octanol–water partition coefficient (Wildman–Crippen LogP) is 4.78. The van der Waals surface area contributed by atoms with Crippen molar-refractivity contribution < 1.29 is 18.3 Å². The average molecular weight is 428 g/mol. The molecular weight excluding hydrogens is 402 g/mol. The first kappa shape index (κ1) is 21.2. The quantitative estimate of drug-likeness (QED) is 0.695. The number of aromatic nitrogens is 1. The lowest BCUT2D eigenvalue weighted by molar-refractivity contribution is 0.117. The van der Waals surface area contributed by atoms with Crippen LogP contribution in [-0.2, 0) is 0 Å². The van der Waals surface area contributed by atoms with Crippen LogP contribution in [0.15, 0.2) is 65.0 Å². The SMILES string of the molecule is CC1C(C2=CN(C3CCN(C(=O)Oc4cccnc4)CC3)N=CCC2)=CC(F)=CC1F. The van der Waals surface area contributed by atoms with Crippen LogP contribution in [0.3, 0.4) is 0 Å². The van der Waals surface area contributed by atoms with Gasteiger partial charge in [0.25, 0.3) is 0 Å². The van der Waals surface area contributed by atoms with Crippen LogP contribution in [0.4, 0.5) is 13.6 Å². The van der Waals surface area contributed by atoms with Gasteiger partial charge >= 0.3 is 6.09 Å². The van der Waals surface area contributed by atoms with Crippen LogP contribution in [0.5, 0.6) is 5.75 Å². The Morgan fingerprint density at radius 1 is 1.29 bits per heavy atom. The Kier molecular flexibility index (Phi) is 6.44. The molecule has 0 N–H and O–H groups in total. The van der Waals surface area contributed by atoms with E-state index < -0.39 is 17.9 Å². The van der Waals surface area contributed by atoms with Crippen molar-refractivity contribution in [2.45, 2.75) is 44.8 Å². The Balaban J connectivity index is 1.41. The minimum Gasteiger partial charge on any atom is -0.409 e. The maximum atomic E-state index is 14.2. The predicted molar refractivity (Wildman–Crippen MR) is 114 cm³/mol. The van der Waals surface area contributed by atoms with Gasteiger partial charge < -0.3 is 9.64 Å². The largest absolute Gasteiger partial charge is 0.415 e. The Morgan fingerprint density at radius 2 is 2.10 bits per heavy atom. The number of alkyl halides is 1. The van der Waals surface area contributed by atoms with Gasteiger partial charge in [-0.2, -0.15) is 5.10 Å². The van der Waals surface area contributed by atoms with E-state index in [1.807, 2.05) is 17.4 Å². The summed E-state index contributed by atoms with van der Waals surface area (Å²) in [5.41, 5.74) is 1.61. The molecule has 0 aromatic carbocycles. The highest BCUT2D eigenvalue weighted by Crippen LogP contribution is 2.35. The second-order valence-corrected chi connectivity index (χ2v) is 8.03. The van der Waals surface area contributed by atoms with Gasteiger partial charge in [0, 0.05) is 37.6 Å². The Bertz CT molecular complexity index is 921. The van der Waals surface area contributed by atoms with Crippen LogP contribution >= 0.6 is 0 Å². The van der Waals surface area contributed by atoms with Crippen molar-refractivity contribution in [2.24, 2.45) is 11.0 Å². The summed E-state index contributed by atoms with van der Waals surface area (Å²) in [5.74, 6) is -0.505. The molecule has 2 atom stereocenters. The number of carbonyl (C=O) groups excluding carboxylic acids is 1. The van der Waals surface area contributed by atoms with Crippen LogP contribution in [0, 0.1) is 5.92 Å². The number of allylic oxidation sites excluding steroid dienone is 5. The van der Waals surface area contributed by atoms with Crippen LogP contribution < -0.4 is 4.74 Å². The number of piperidine rings is 1. The van der Waals surface area contributed by atoms with Gasteiger partial charge in [-0.1, -0.05) is 6.92 Å². The summed E-state index contributed by atoms with van der Waals surface area (Å²) in [6, 6.07) is 3.51. The molecule has 0 saturated carbocycles. The van der Waals surface area contributed by atoms with Gasteiger partial charge in [0.2, 0.25) is 0 Å². The van der Waals surface area contributed by atoms with Gasteiger partial charge in [0.05, 0.1) is 12.2 Å². The third-order valence-electron chi connectivity index (χ3n) is 5.93. The highest BCUT2D eigenvalue weighted by atomic mass is 19.1. The number of likely N-dealkylation sites (tertiary alicyclic amines) is 1. The van der Waals surface area contributed by atoms with Gasteiger partial charge in [0.1, 0.15) is 12.0 Å². The molecule has 0 bridgehead atoms. The van der Waals surface area contributed by atoms with E-state index in [4.69, 9.17) is 4.74 Å². The van der Waals surface area contributed by atoms with E-state index in [1.54, 1.807) is 30.2 Å². The zero-order valence-corrected chi connectivity index (χ0v) is 17.5. The molecule has 0 spiro atoms. The van der Waals surface area contributed by atoms with Gasteiger partial charge in [-0.05, 0) is 61.1 Å². The molecule has 1 amide bonds. The van der Waals surface area contributed by atoms with E-state index >= 15 is 0 Å². The third kappa shape index (κ3) is 5.00. The van der Waals surface area contributed by atoms with Crippen molar-refractivity contribution in [3.63, 3.8) is 0 Å². The average Bonchev–Trinajstić information content (AvgIpc) is 3.03. The third-order valence-corrected chi connectivity index (χ3v) is 5.93. The number of hydrazone groups is 1. The van der Waals surface area contributed by atoms with E-state index in [0.29, 0.717) is 37.3 Å². The van der Waals surface area contributed by atoms with E-state index in [-0.39, 0.29) is 12.1 Å². The first-order valence-electron chi connectivity index (χ1n) is 10.6. The number of hydrogen-bond acceptors (Lipinski definition) is 5. The second-order valence-electron chi connectivity index (χ2n) is 8.03. The van der Waals surface area contributed by atoms with Crippen LogP contribution in [-0.4, -0.2) is 52.5 Å². The zero-order valence-electron chi connectivity index (χ0n) is 17.5. The van der Waals surface area contributed by atoms with Gasteiger partial charge in [-0.3, -0.25) is 9.99 Å². The maximum Gasteiger partial charge on any atom is 0.415 e. The number of rotatable bonds is 3. The maximum absolute atomic E-state index is 14.2. The molecule has 164 valence electrons. The molecule has 1 fully saturated rings.